The predicted octanol–water partition coefficient (Wildman–Crippen LogP) is 4.50. The van der Waals surface area contributed by atoms with Crippen LogP contribution in [0.1, 0.15) is 24.2 Å². The molecule has 1 atom stereocenters. The van der Waals surface area contributed by atoms with Crippen LogP contribution in [0.5, 0.6) is 0 Å². The molecule has 0 amide bonds. The van der Waals surface area contributed by atoms with Crippen LogP contribution in [-0.2, 0) is 0 Å². The van der Waals surface area contributed by atoms with Crippen LogP contribution in [0.15, 0.2) is 32.5 Å². The summed E-state index contributed by atoms with van der Waals surface area (Å²) in [6.45, 7) is 3.85. The van der Waals surface area contributed by atoms with Crippen molar-refractivity contribution in [3.8, 4) is 0 Å². The summed E-state index contributed by atoms with van der Waals surface area (Å²) in [4.78, 5) is 11.9. The van der Waals surface area contributed by atoms with E-state index < -0.39 is 5.82 Å². The van der Waals surface area contributed by atoms with Gasteiger partial charge in [0.25, 0.3) is 0 Å². The zero-order valence-corrected chi connectivity index (χ0v) is 12.4. The Bertz CT molecular complexity index is 637. The maximum absolute atomic E-state index is 13.5. The van der Waals surface area contributed by atoms with Gasteiger partial charge in [0.1, 0.15) is 11.4 Å². The molecule has 96 valence electrons. The smallest absolute Gasteiger partial charge is 0.193 e. The van der Waals surface area contributed by atoms with Gasteiger partial charge >= 0.3 is 0 Å². The van der Waals surface area contributed by atoms with Crippen molar-refractivity contribution in [2.45, 2.75) is 23.8 Å². The second kappa shape index (κ2) is 5.45. The van der Waals surface area contributed by atoms with Crippen molar-refractivity contribution < 1.29 is 8.81 Å². The minimum Gasteiger partial charge on any atom is -0.449 e. The average Bonchev–Trinajstić information content (AvgIpc) is 2.29. The molecule has 0 saturated heterocycles. The van der Waals surface area contributed by atoms with Gasteiger partial charge < -0.3 is 4.42 Å². The van der Waals surface area contributed by atoms with Crippen molar-refractivity contribution in [3.63, 3.8) is 0 Å². The van der Waals surface area contributed by atoms with Crippen LogP contribution < -0.4 is 5.43 Å². The van der Waals surface area contributed by atoms with Gasteiger partial charge in [-0.3, -0.25) is 4.79 Å². The lowest BCUT2D eigenvalue weighted by molar-refractivity contribution is 0.495. The highest BCUT2D eigenvalue weighted by Crippen LogP contribution is 2.31. The first-order valence-electron chi connectivity index (χ1n) is 5.57. The SMILES string of the molecule is CCSc1cc(=O)c2cc(F)cc(C(C)Br)c2o1. The Morgan fingerprint density at radius 2 is 2.17 bits per heavy atom. The first kappa shape index (κ1) is 13.6. The molecule has 0 saturated carbocycles. The van der Waals surface area contributed by atoms with Crippen molar-refractivity contribution in [3.05, 3.63) is 39.8 Å². The van der Waals surface area contributed by atoms with Gasteiger partial charge in [-0.2, -0.15) is 0 Å². The highest BCUT2D eigenvalue weighted by atomic mass is 79.9. The zero-order chi connectivity index (χ0) is 13.3. The molecule has 1 unspecified atom stereocenters. The standard InChI is InChI=1S/C13H12BrFO2S/c1-3-18-12-6-11(16)10-5-8(15)4-9(7(2)14)13(10)17-12/h4-7H,3H2,1-2H3. The lowest BCUT2D eigenvalue weighted by Gasteiger charge is -2.09. The number of hydrogen-bond donors (Lipinski definition) is 0. The Balaban J connectivity index is 2.79. The second-order valence-electron chi connectivity index (χ2n) is 3.85. The molecule has 0 spiro atoms. The van der Waals surface area contributed by atoms with Crippen LogP contribution in [0, 0.1) is 5.82 Å². The molecule has 2 rings (SSSR count). The number of benzene rings is 1. The fourth-order valence-electron chi connectivity index (χ4n) is 1.74. The number of alkyl halides is 1. The number of halogens is 2. The third-order valence-corrected chi connectivity index (χ3v) is 3.78. The molecule has 5 heteroatoms. The van der Waals surface area contributed by atoms with Gasteiger partial charge in [0.15, 0.2) is 10.5 Å². The summed E-state index contributed by atoms with van der Waals surface area (Å²) >= 11 is 4.84. The Labute approximate surface area is 117 Å². The topological polar surface area (TPSA) is 30.2 Å². The van der Waals surface area contributed by atoms with Crippen LogP contribution in [0.2, 0.25) is 0 Å². The van der Waals surface area contributed by atoms with E-state index in [1.165, 1.54) is 30.0 Å². The molecule has 0 aliphatic heterocycles. The fraction of sp³-hybridized carbons (Fsp3) is 0.308. The molecule has 0 aliphatic rings. The quantitative estimate of drug-likeness (QED) is 0.613. The van der Waals surface area contributed by atoms with Gasteiger partial charge in [-0.1, -0.05) is 34.6 Å². The van der Waals surface area contributed by atoms with Crippen LogP contribution in [-0.4, -0.2) is 5.75 Å². The average molecular weight is 331 g/mol. The molecule has 0 N–H and O–H groups in total. The molecule has 1 heterocycles. The molecular weight excluding hydrogens is 319 g/mol. The minimum atomic E-state index is -0.424. The van der Waals surface area contributed by atoms with Gasteiger partial charge in [0.05, 0.1) is 5.39 Å². The van der Waals surface area contributed by atoms with E-state index in [-0.39, 0.29) is 15.6 Å². The lowest BCUT2D eigenvalue weighted by Crippen LogP contribution is -2.03. The van der Waals surface area contributed by atoms with Gasteiger partial charge in [0.2, 0.25) is 0 Å². The summed E-state index contributed by atoms with van der Waals surface area (Å²) in [5, 5.41) is 0.854. The summed E-state index contributed by atoms with van der Waals surface area (Å²) in [5.74, 6) is 0.390. The second-order valence-corrected chi connectivity index (χ2v) is 6.49. The number of thioether (sulfide) groups is 1. The Morgan fingerprint density at radius 3 is 2.78 bits per heavy atom. The predicted molar refractivity (Wildman–Crippen MR) is 76.2 cm³/mol. The van der Waals surface area contributed by atoms with Gasteiger partial charge in [0, 0.05) is 16.5 Å². The molecule has 18 heavy (non-hydrogen) atoms. The summed E-state index contributed by atoms with van der Waals surface area (Å²) in [6, 6.07) is 4.03. The van der Waals surface area contributed by atoms with Crippen LogP contribution in [0.3, 0.4) is 0 Å². The van der Waals surface area contributed by atoms with E-state index in [0.29, 0.717) is 16.2 Å². The van der Waals surface area contributed by atoms with Gasteiger partial charge in [-0.15, -0.1) is 0 Å². The molecule has 1 aromatic heterocycles. The summed E-state index contributed by atoms with van der Waals surface area (Å²) < 4.78 is 19.2. The maximum atomic E-state index is 13.5. The van der Waals surface area contributed by atoms with E-state index in [4.69, 9.17) is 4.42 Å². The highest BCUT2D eigenvalue weighted by Gasteiger charge is 2.14. The van der Waals surface area contributed by atoms with E-state index in [1.54, 1.807) is 0 Å². The van der Waals surface area contributed by atoms with Crippen molar-refractivity contribution >= 4 is 38.7 Å². The van der Waals surface area contributed by atoms with E-state index in [9.17, 15) is 9.18 Å². The van der Waals surface area contributed by atoms with Crippen LogP contribution in [0.25, 0.3) is 11.0 Å². The van der Waals surface area contributed by atoms with E-state index in [1.807, 2.05) is 13.8 Å². The Kier molecular flexibility index (Phi) is 4.12. The van der Waals surface area contributed by atoms with Crippen molar-refractivity contribution in [2.24, 2.45) is 0 Å². The normalized spacial score (nSPS) is 12.9. The zero-order valence-electron chi connectivity index (χ0n) is 10.00. The van der Waals surface area contributed by atoms with Gasteiger partial charge in [-0.25, -0.2) is 4.39 Å². The van der Waals surface area contributed by atoms with Crippen LogP contribution in [0.4, 0.5) is 4.39 Å². The van der Waals surface area contributed by atoms with E-state index in [2.05, 4.69) is 15.9 Å². The van der Waals surface area contributed by atoms with E-state index in [0.717, 1.165) is 5.75 Å². The van der Waals surface area contributed by atoms with Crippen LogP contribution >= 0.6 is 27.7 Å². The first-order chi connectivity index (χ1) is 8.52. The molecule has 0 bridgehead atoms. The minimum absolute atomic E-state index is 0.0827. The molecule has 2 nitrogen and oxygen atoms in total. The molecular formula is C13H12BrFO2S. The number of fused-ring (bicyclic) bond motifs is 1. The Morgan fingerprint density at radius 1 is 1.44 bits per heavy atom. The summed E-state index contributed by atoms with van der Waals surface area (Å²) in [7, 11) is 0. The highest BCUT2D eigenvalue weighted by molar-refractivity contribution is 9.09. The lowest BCUT2D eigenvalue weighted by atomic mass is 10.1. The molecule has 1 aromatic carbocycles. The summed E-state index contributed by atoms with van der Waals surface area (Å²) in [6.07, 6.45) is 0. The molecule has 0 radical (unpaired) electrons. The molecule has 0 aliphatic carbocycles. The largest absolute Gasteiger partial charge is 0.449 e. The number of rotatable bonds is 3. The van der Waals surface area contributed by atoms with Gasteiger partial charge in [-0.05, 0) is 24.8 Å². The van der Waals surface area contributed by atoms with Crippen molar-refractivity contribution in [2.75, 3.05) is 5.75 Å². The number of hydrogen-bond acceptors (Lipinski definition) is 3. The monoisotopic (exact) mass is 330 g/mol. The molecule has 2 aromatic rings. The van der Waals surface area contributed by atoms with E-state index >= 15 is 0 Å². The van der Waals surface area contributed by atoms with Crippen molar-refractivity contribution in [1.82, 2.24) is 0 Å². The third-order valence-electron chi connectivity index (χ3n) is 2.51. The van der Waals surface area contributed by atoms with Crippen molar-refractivity contribution in [1.29, 1.82) is 0 Å². The fourth-order valence-corrected chi connectivity index (χ4v) is 2.69. The summed E-state index contributed by atoms with van der Waals surface area (Å²) in [5.41, 5.74) is 0.908. The first-order valence-corrected chi connectivity index (χ1v) is 7.47. The molecule has 0 fully saturated rings. The Hall–Kier alpha value is -0.810. The maximum Gasteiger partial charge on any atom is 0.193 e. The third kappa shape index (κ3) is 2.62.